The first-order chi connectivity index (χ1) is 9.52. The highest BCUT2D eigenvalue weighted by atomic mass is 16.2. The third kappa shape index (κ3) is 2.33. The van der Waals surface area contributed by atoms with Crippen molar-refractivity contribution in [3.63, 3.8) is 0 Å². The Balaban J connectivity index is 1.69. The number of rotatable bonds is 4. The maximum atomic E-state index is 12.8. The normalized spacial score (nSPS) is 35.5. The van der Waals surface area contributed by atoms with Crippen molar-refractivity contribution in [2.75, 3.05) is 6.54 Å². The van der Waals surface area contributed by atoms with E-state index in [1.54, 1.807) is 0 Å². The molecule has 0 aromatic heterocycles. The van der Waals surface area contributed by atoms with Crippen LogP contribution in [0.4, 0.5) is 0 Å². The molecule has 1 heterocycles. The highest BCUT2D eigenvalue weighted by molar-refractivity contribution is 5.99. The average molecular weight is 278 g/mol. The first kappa shape index (κ1) is 13.9. The maximum Gasteiger partial charge on any atom is 0.248 e. The van der Waals surface area contributed by atoms with E-state index >= 15 is 0 Å². The van der Waals surface area contributed by atoms with Gasteiger partial charge >= 0.3 is 0 Å². The summed E-state index contributed by atoms with van der Waals surface area (Å²) in [5, 5.41) is 2.98. The van der Waals surface area contributed by atoms with Crippen LogP contribution in [-0.2, 0) is 9.59 Å². The summed E-state index contributed by atoms with van der Waals surface area (Å²) in [4.78, 5) is 26.8. The summed E-state index contributed by atoms with van der Waals surface area (Å²) in [7, 11) is 0. The largest absolute Gasteiger partial charge is 0.340 e. The molecule has 1 aliphatic heterocycles. The quantitative estimate of drug-likeness (QED) is 0.856. The summed E-state index contributed by atoms with van der Waals surface area (Å²) < 4.78 is 0. The van der Waals surface area contributed by atoms with Gasteiger partial charge in [0.2, 0.25) is 11.8 Å². The molecule has 2 saturated carbocycles. The highest BCUT2D eigenvalue weighted by Crippen LogP contribution is 2.42. The molecule has 1 N–H and O–H groups in total. The van der Waals surface area contributed by atoms with Gasteiger partial charge in [-0.1, -0.05) is 25.7 Å². The molecule has 2 amide bonds. The van der Waals surface area contributed by atoms with E-state index in [2.05, 4.69) is 5.32 Å². The van der Waals surface area contributed by atoms with Gasteiger partial charge in [-0.15, -0.1) is 0 Å². The average Bonchev–Trinajstić information content (AvgIpc) is 3.15. The summed E-state index contributed by atoms with van der Waals surface area (Å²) in [6.07, 6.45) is 8.43. The third-order valence-electron chi connectivity index (χ3n) is 5.58. The number of carbonyl (C=O) groups is 2. The van der Waals surface area contributed by atoms with E-state index in [1.807, 2.05) is 18.7 Å². The van der Waals surface area contributed by atoms with E-state index < -0.39 is 5.54 Å². The van der Waals surface area contributed by atoms with Gasteiger partial charge in [0.05, 0.1) is 0 Å². The first-order valence-corrected chi connectivity index (χ1v) is 8.15. The Labute approximate surface area is 121 Å². The smallest absolute Gasteiger partial charge is 0.248 e. The number of hydrogen-bond donors (Lipinski definition) is 1. The van der Waals surface area contributed by atoms with Gasteiger partial charge in [0, 0.05) is 6.54 Å². The van der Waals surface area contributed by atoms with Gasteiger partial charge in [-0.25, -0.2) is 0 Å². The van der Waals surface area contributed by atoms with Crippen LogP contribution >= 0.6 is 0 Å². The lowest BCUT2D eigenvalue weighted by Crippen LogP contribution is -2.69. The topological polar surface area (TPSA) is 49.4 Å². The predicted molar refractivity (Wildman–Crippen MR) is 77.0 cm³/mol. The monoisotopic (exact) mass is 278 g/mol. The molecule has 0 radical (unpaired) electrons. The Bertz CT molecular complexity index is 413. The summed E-state index contributed by atoms with van der Waals surface area (Å²) in [6.45, 7) is 4.52. The molecule has 3 aliphatic rings. The zero-order valence-corrected chi connectivity index (χ0v) is 12.7. The van der Waals surface area contributed by atoms with Crippen LogP contribution in [0.5, 0.6) is 0 Å². The van der Waals surface area contributed by atoms with Crippen LogP contribution in [0, 0.1) is 11.8 Å². The van der Waals surface area contributed by atoms with E-state index in [1.165, 1.54) is 25.7 Å². The van der Waals surface area contributed by atoms with Crippen LogP contribution in [0.3, 0.4) is 0 Å². The molecule has 112 valence electrons. The van der Waals surface area contributed by atoms with Crippen molar-refractivity contribution >= 4 is 11.8 Å². The van der Waals surface area contributed by atoms with E-state index in [4.69, 9.17) is 0 Å². The van der Waals surface area contributed by atoms with Crippen molar-refractivity contribution in [3.05, 3.63) is 0 Å². The van der Waals surface area contributed by atoms with Crippen LogP contribution in [-0.4, -0.2) is 34.8 Å². The van der Waals surface area contributed by atoms with Crippen molar-refractivity contribution in [2.45, 2.75) is 70.4 Å². The Morgan fingerprint density at radius 1 is 1.20 bits per heavy atom. The molecule has 3 rings (SSSR count). The van der Waals surface area contributed by atoms with Crippen LogP contribution < -0.4 is 5.32 Å². The van der Waals surface area contributed by atoms with E-state index in [0.717, 1.165) is 31.7 Å². The molecule has 2 aliphatic carbocycles. The lowest BCUT2D eigenvalue weighted by Gasteiger charge is -2.44. The molecular weight excluding hydrogens is 252 g/mol. The van der Waals surface area contributed by atoms with Crippen molar-refractivity contribution in [2.24, 2.45) is 11.8 Å². The number of hydrogen-bond acceptors (Lipinski definition) is 2. The predicted octanol–water partition coefficient (Wildman–Crippen LogP) is 2.08. The zero-order valence-electron chi connectivity index (χ0n) is 12.7. The minimum atomic E-state index is -0.640. The highest BCUT2D eigenvalue weighted by Gasteiger charge is 2.54. The molecule has 3 fully saturated rings. The zero-order chi connectivity index (χ0) is 14.3. The van der Waals surface area contributed by atoms with E-state index in [9.17, 15) is 9.59 Å². The molecule has 0 aromatic rings. The molecule has 2 atom stereocenters. The molecule has 0 spiro atoms. The third-order valence-corrected chi connectivity index (χ3v) is 5.58. The van der Waals surface area contributed by atoms with E-state index in [0.29, 0.717) is 5.92 Å². The molecule has 4 nitrogen and oxygen atoms in total. The fourth-order valence-electron chi connectivity index (χ4n) is 3.88. The van der Waals surface area contributed by atoms with Gasteiger partial charge in [0.1, 0.15) is 11.6 Å². The van der Waals surface area contributed by atoms with Crippen LogP contribution in [0.15, 0.2) is 0 Å². The number of nitrogens with zero attached hydrogens (tertiary/aromatic N) is 1. The van der Waals surface area contributed by atoms with Crippen LogP contribution in [0.1, 0.15) is 58.8 Å². The Kier molecular flexibility index (Phi) is 3.51. The molecule has 1 saturated heterocycles. The van der Waals surface area contributed by atoms with Crippen LogP contribution in [0.2, 0.25) is 0 Å². The van der Waals surface area contributed by atoms with Gasteiger partial charge in [0.15, 0.2) is 0 Å². The van der Waals surface area contributed by atoms with Crippen molar-refractivity contribution < 1.29 is 9.59 Å². The molecule has 0 aromatic carbocycles. The summed E-state index contributed by atoms with van der Waals surface area (Å²) >= 11 is 0. The van der Waals surface area contributed by atoms with Gasteiger partial charge in [-0.05, 0) is 44.9 Å². The standard InChI is InChI=1S/C16H26N2O2/c1-11-14(19)17-16(2,13-7-8-13)15(20)18(11)10-9-12-5-3-4-6-12/h11-13H,3-10H2,1-2H3,(H,17,19). The second kappa shape index (κ2) is 5.05. The van der Waals surface area contributed by atoms with Gasteiger partial charge in [0.25, 0.3) is 0 Å². The fourth-order valence-corrected chi connectivity index (χ4v) is 3.88. The Morgan fingerprint density at radius 3 is 2.45 bits per heavy atom. The Morgan fingerprint density at radius 2 is 1.85 bits per heavy atom. The van der Waals surface area contributed by atoms with Crippen LogP contribution in [0.25, 0.3) is 0 Å². The summed E-state index contributed by atoms with van der Waals surface area (Å²) in [5.74, 6) is 1.27. The minimum absolute atomic E-state index is 0.0189. The number of carbonyl (C=O) groups excluding carboxylic acids is 2. The molecular formula is C16H26N2O2. The molecule has 0 bridgehead atoms. The fraction of sp³-hybridized carbons (Fsp3) is 0.875. The molecule has 4 heteroatoms. The summed E-state index contributed by atoms with van der Waals surface area (Å²) in [6, 6.07) is -0.310. The van der Waals surface area contributed by atoms with Gasteiger partial charge < -0.3 is 10.2 Å². The Hall–Kier alpha value is -1.06. The second-order valence-electron chi connectivity index (χ2n) is 7.08. The van der Waals surface area contributed by atoms with Gasteiger partial charge in [-0.3, -0.25) is 9.59 Å². The molecule has 20 heavy (non-hydrogen) atoms. The van der Waals surface area contributed by atoms with E-state index in [-0.39, 0.29) is 17.9 Å². The number of piperazine rings is 1. The summed E-state index contributed by atoms with van der Waals surface area (Å²) in [5.41, 5.74) is -0.640. The lowest BCUT2D eigenvalue weighted by atomic mass is 9.89. The SMILES string of the molecule is CC1C(=O)NC(C)(C2CC2)C(=O)N1CCC1CCCC1. The van der Waals surface area contributed by atoms with Crippen molar-refractivity contribution in [1.29, 1.82) is 0 Å². The number of amides is 2. The first-order valence-electron chi connectivity index (χ1n) is 8.15. The second-order valence-corrected chi connectivity index (χ2v) is 7.08. The van der Waals surface area contributed by atoms with Crippen molar-refractivity contribution in [3.8, 4) is 0 Å². The lowest BCUT2D eigenvalue weighted by molar-refractivity contribution is -0.154. The number of nitrogens with one attached hydrogen (secondary N) is 1. The van der Waals surface area contributed by atoms with Crippen molar-refractivity contribution in [1.82, 2.24) is 10.2 Å². The minimum Gasteiger partial charge on any atom is -0.340 e. The molecule has 2 unspecified atom stereocenters. The van der Waals surface area contributed by atoms with Gasteiger partial charge in [-0.2, -0.15) is 0 Å². The maximum absolute atomic E-state index is 12.8.